The van der Waals surface area contributed by atoms with E-state index >= 15 is 0 Å². The first kappa shape index (κ1) is 14.8. The maximum absolute atomic E-state index is 11.8. The fourth-order valence-electron chi connectivity index (χ4n) is 1.45. The van der Waals surface area contributed by atoms with E-state index in [0.717, 1.165) is 0 Å². The molecular formula is C15H18N2O2. The molecule has 0 aromatic heterocycles. The lowest BCUT2D eigenvalue weighted by Crippen LogP contribution is -2.13. The van der Waals surface area contributed by atoms with E-state index in [4.69, 9.17) is 10.00 Å². The number of hydrogen-bond donors (Lipinski definition) is 1. The van der Waals surface area contributed by atoms with Crippen LogP contribution in [-0.4, -0.2) is 12.5 Å². The first-order valence-electron chi connectivity index (χ1n) is 6.21. The lowest BCUT2D eigenvalue weighted by atomic mass is 10.0. The van der Waals surface area contributed by atoms with Gasteiger partial charge in [-0.15, -0.1) is 0 Å². The van der Waals surface area contributed by atoms with Gasteiger partial charge in [0.15, 0.2) is 5.57 Å². The Morgan fingerprint density at radius 1 is 1.42 bits per heavy atom. The molecule has 4 nitrogen and oxygen atoms in total. The topological polar surface area (TPSA) is 62.1 Å². The molecule has 1 rings (SSSR count). The minimum absolute atomic E-state index is 0.0465. The van der Waals surface area contributed by atoms with Gasteiger partial charge in [0.25, 0.3) is 5.91 Å². The Labute approximate surface area is 113 Å². The molecule has 0 radical (unpaired) electrons. The van der Waals surface area contributed by atoms with Crippen molar-refractivity contribution < 1.29 is 9.53 Å². The van der Waals surface area contributed by atoms with Crippen molar-refractivity contribution in [1.29, 1.82) is 5.26 Å². The largest absolute Gasteiger partial charge is 0.500 e. The summed E-state index contributed by atoms with van der Waals surface area (Å²) in [5, 5.41) is 11.5. The molecule has 0 unspecified atom stereocenters. The summed E-state index contributed by atoms with van der Waals surface area (Å²) in [5.74, 6) is -0.0227. The summed E-state index contributed by atoms with van der Waals surface area (Å²) >= 11 is 0. The molecule has 0 atom stereocenters. The molecule has 1 aromatic rings. The predicted molar refractivity (Wildman–Crippen MR) is 74.5 cm³/mol. The van der Waals surface area contributed by atoms with E-state index in [1.54, 1.807) is 6.92 Å². The summed E-state index contributed by atoms with van der Waals surface area (Å²) in [6.07, 6.45) is 1.18. The second-order valence-corrected chi connectivity index (χ2v) is 4.33. The molecule has 100 valence electrons. The van der Waals surface area contributed by atoms with Crippen LogP contribution in [0.15, 0.2) is 36.1 Å². The summed E-state index contributed by atoms with van der Waals surface area (Å²) in [6.45, 7) is 6.41. The van der Waals surface area contributed by atoms with Crippen LogP contribution < -0.4 is 5.32 Å². The Bertz CT molecular complexity index is 496. The van der Waals surface area contributed by atoms with E-state index in [1.807, 2.05) is 30.3 Å². The van der Waals surface area contributed by atoms with Gasteiger partial charge in [-0.3, -0.25) is 4.79 Å². The van der Waals surface area contributed by atoms with E-state index in [9.17, 15) is 4.79 Å². The number of nitrogens with one attached hydrogen (secondary N) is 1. The van der Waals surface area contributed by atoms with Crippen LogP contribution in [0.4, 0.5) is 5.69 Å². The van der Waals surface area contributed by atoms with Gasteiger partial charge in [-0.25, -0.2) is 0 Å². The van der Waals surface area contributed by atoms with E-state index in [0.29, 0.717) is 18.2 Å². The number of ether oxygens (including phenoxy) is 1. The molecule has 1 N–H and O–H groups in total. The van der Waals surface area contributed by atoms with Gasteiger partial charge in [0.2, 0.25) is 0 Å². The highest BCUT2D eigenvalue weighted by Gasteiger charge is 2.09. The SMILES string of the molecule is CCO/C=C(\C#N)C(=O)Nc1ccc(C(C)C)cc1. The third kappa shape index (κ3) is 4.47. The first-order chi connectivity index (χ1) is 9.08. The summed E-state index contributed by atoms with van der Waals surface area (Å²) in [6, 6.07) is 9.37. The molecule has 0 aliphatic heterocycles. The van der Waals surface area contributed by atoms with E-state index < -0.39 is 5.91 Å². The average Bonchev–Trinajstić information content (AvgIpc) is 2.40. The Hall–Kier alpha value is -2.28. The van der Waals surface area contributed by atoms with Crippen LogP contribution in [0.25, 0.3) is 0 Å². The van der Waals surface area contributed by atoms with E-state index in [2.05, 4.69) is 19.2 Å². The lowest BCUT2D eigenvalue weighted by Gasteiger charge is -2.08. The van der Waals surface area contributed by atoms with Crippen molar-refractivity contribution in [1.82, 2.24) is 0 Å². The molecule has 0 bridgehead atoms. The number of carbonyl (C=O) groups excluding carboxylic acids is 1. The van der Waals surface area contributed by atoms with Gasteiger partial charge >= 0.3 is 0 Å². The maximum atomic E-state index is 11.8. The van der Waals surface area contributed by atoms with Gasteiger partial charge in [0, 0.05) is 5.69 Å². The first-order valence-corrected chi connectivity index (χ1v) is 6.21. The molecule has 0 fully saturated rings. The average molecular weight is 258 g/mol. The standard InChI is InChI=1S/C15H18N2O2/c1-4-19-10-13(9-16)15(18)17-14-7-5-12(6-8-14)11(2)3/h5-8,10-11H,4H2,1-3H3,(H,17,18)/b13-10+. The summed E-state index contributed by atoms with van der Waals surface area (Å²) in [7, 11) is 0. The van der Waals surface area contributed by atoms with Crippen molar-refractivity contribution in [2.24, 2.45) is 0 Å². The number of carbonyl (C=O) groups is 1. The van der Waals surface area contributed by atoms with Crippen LogP contribution in [0.5, 0.6) is 0 Å². The van der Waals surface area contributed by atoms with Crippen molar-refractivity contribution in [3.8, 4) is 6.07 Å². The Morgan fingerprint density at radius 2 is 2.05 bits per heavy atom. The molecule has 0 saturated heterocycles. The third-order valence-corrected chi connectivity index (χ3v) is 2.57. The number of nitrogens with zero attached hydrogens (tertiary/aromatic N) is 1. The Morgan fingerprint density at radius 3 is 2.53 bits per heavy atom. The van der Waals surface area contributed by atoms with Crippen LogP contribution in [0.1, 0.15) is 32.3 Å². The predicted octanol–water partition coefficient (Wildman–Crippen LogP) is 3.19. The summed E-state index contributed by atoms with van der Waals surface area (Å²) < 4.78 is 4.95. The van der Waals surface area contributed by atoms with Crippen molar-refractivity contribution in [2.45, 2.75) is 26.7 Å². The van der Waals surface area contributed by atoms with Crippen LogP contribution in [0.3, 0.4) is 0 Å². The van der Waals surface area contributed by atoms with E-state index in [1.165, 1.54) is 11.8 Å². The van der Waals surface area contributed by atoms with Crippen LogP contribution in [0, 0.1) is 11.3 Å². The number of rotatable bonds is 5. The molecule has 0 saturated carbocycles. The molecule has 4 heteroatoms. The normalized spacial score (nSPS) is 11.0. The van der Waals surface area contributed by atoms with Crippen molar-refractivity contribution in [2.75, 3.05) is 11.9 Å². The monoisotopic (exact) mass is 258 g/mol. The number of anilines is 1. The van der Waals surface area contributed by atoms with Gasteiger partial charge in [0.1, 0.15) is 12.3 Å². The van der Waals surface area contributed by atoms with Crippen LogP contribution >= 0.6 is 0 Å². The zero-order chi connectivity index (χ0) is 14.3. The Kier molecular flexibility index (Phi) is 5.62. The summed E-state index contributed by atoms with van der Waals surface area (Å²) in [5.41, 5.74) is 1.81. The zero-order valence-electron chi connectivity index (χ0n) is 11.4. The molecular weight excluding hydrogens is 240 g/mol. The number of amides is 1. The van der Waals surface area contributed by atoms with Crippen molar-refractivity contribution in [3.05, 3.63) is 41.7 Å². The van der Waals surface area contributed by atoms with Crippen molar-refractivity contribution >= 4 is 11.6 Å². The third-order valence-electron chi connectivity index (χ3n) is 2.57. The number of hydrogen-bond acceptors (Lipinski definition) is 3. The Balaban J connectivity index is 2.74. The van der Waals surface area contributed by atoms with Crippen LogP contribution in [-0.2, 0) is 9.53 Å². The van der Waals surface area contributed by atoms with Gasteiger partial charge in [0.05, 0.1) is 6.61 Å². The molecule has 0 heterocycles. The highest BCUT2D eigenvalue weighted by molar-refractivity contribution is 6.06. The highest BCUT2D eigenvalue weighted by Crippen LogP contribution is 2.17. The van der Waals surface area contributed by atoms with Gasteiger partial charge in [-0.05, 0) is 30.5 Å². The molecule has 19 heavy (non-hydrogen) atoms. The highest BCUT2D eigenvalue weighted by atomic mass is 16.5. The number of nitriles is 1. The minimum atomic E-state index is -0.465. The molecule has 0 spiro atoms. The van der Waals surface area contributed by atoms with E-state index in [-0.39, 0.29) is 5.57 Å². The molecule has 0 aliphatic rings. The molecule has 1 aromatic carbocycles. The smallest absolute Gasteiger partial charge is 0.269 e. The van der Waals surface area contributed by atoms with Gasteiger partial charge in [-0.1, -0.05) is 26.0 Å². The maximum Gasteiger partial charge on any atom is 0.269 e. The fraction of sp³-hybridized carbons (Fsp3) is 0.333. The summed E-state index contributed by atoms with van der Waals surface area (Å²) in [4.78, 5) is 11.8. The second kappa shape index (κ2) is 7.22. The quantitative estimate of drug-likeness (QED) is 0.501. The van der Waals surface area contributed by atoms with Crippen molar-refractivity contribution in [3.63, 3.8) is 0 Å². The van der Waals surface area contributed by atoms with Gasteiger partial charge in [-0.2, -0.15) is 5.26 Å². The van der Waals surface area contributed by atoms with Gasteiger partial charge < -0.3 is 10.1 Å². The minimum Gasteiger partial charge on any atom is -0.500 e. The lowest BCUT2D eigenvalue weighted by molar-refractivity contribution is -0.112. The molecule has 0 aliphatic carbocycles. The number of benzene rings is 1. The second-order valence-electron chi connectivity index (χ2n) is 4.33. The molecule has 1 amide bonds. The fourth-order valence-corrected chi connectivity index (χ4v) is 1.45. The zero-order valence-corrected chi connectivity index (χ0v) is 11.4. The van der Waals surface area contributed by atoms with Crippen LogP contribution in [0.2, 0.25) is 0 Å².